The molecule has 0 atom stereocenters. The molecule has 4 heterocycles. The Bertz CT molecular complexity index is 3090. The van der Waals surface area contributed by atoms with E-state index in [0.717, 1.165) is 106 Å². The summed E-state index contributed by atoms with van der Waals surface area (Å²) in [7, 11) is 0. The van der Waals surface area contributed by atoms with Crippen LogP contribution in [0.2, 0.25) is 0 Å². The van der Waals surface area contributed by atoms with Gasteiger partial charge in [0.15, 0.2) is 23.0 Å². The lowest BCUT2D eigenvalue weighted by Gasteiger charge is -2.37. The number of benzene rings is 8. The molecule has 2 aliphatic heterocycles. The van der Waals surface area contributed by atoms with E-state index >= 15 is 0 Å². The molecule has 258 valence electrons. The lowest BCUT2D eigenvalue weighted by Crippen LogP contribution is -2.19. The number of hydrogen-bond donors (Lipinski definition) is 0. The number of anilines is 6. The zero-order valence-corrected chi connectivity index (χ0v) is 29.4. The largest absolute Gasteiger partial charge is 0.453 e. The number of ether oxygens (including phenoxy) is 2. The third-order valence-corrected chi connectivity index (χ3v) is 11.0. The van der Waals surface area contributed by atoms with Gasteiger partial charge in [0, 0.05) is 38.5 Å². The molecule has 0 spiro atoms. The second-order valence-corrected chi connectivity index (χ2v) is 14.0. The van der Waals surface area contributed by atoms with E-state index in [2.05, 4.69) is 153 Å². The van der Waals surface area contributed by atoms with Crippen LogP contribution in [0.1, 0.15) is 0 Å². The predicted molar refractivity (Wildman–Crippen MR) is 223 cm³/mol. The van der Waals surface area contributed by atoms with E-state index in [1.807, 2.05) is 48.8 Å². The fourth-order valence-corrected chi connectivity index (χ4v) is 8.73. The molecule has 2 aromatic heterocycles. The van der Waals surface area contributed by atoms with Crippen LogP contribution in [-0.2, 0) is 0 Å². The van der Waals surface area contributed by atoms with Crippen molar-refractivity contribution in [1.82, 2.24) is 9.55 Å². The fraction of sp³-hybridized carbons (Fsp3) is 0. The van der Waals surface area contributed by atoms with Crippen LogP contribution in [0.4, 0.5) is 34.1 Å². The van der Waals surface area contributed by atoms with Gasteiger partial charge in [0.25, 0.3) is 0 Å². The van der Waals surface area contributed by atoms with Gasteiger partial charge in [-0.1, -0.05) is 103 Å². The van der Waals surface area contributed by atoms with Gasteiger partial charge in [-0.05, 0) is 66.7 Å². The molecule has 2 aliphatic rings. The van der Waals surface area contributed by atoms with Crippen LogP contribution in [0, 0.1) is 0 Å². The van der Waals surface area contributed by atoms with Gasteiger partial charge in [0.1, 0.15) is 0 Å². The van der Waals surface area contributed by atoms with Crippen molar-refractivity contribution in [2.75, 3.05) is 9.80 Å². The Kier molecular flexibility index (Phi) is 6.24. The molecule has 0 aliphatic carbocycles. The molecule has 6 nitrogen and oxygen atoms in total. The topological polar surface area (TPSA) is 42.8 Å². The fourth-order valence-electron chi connectivity index (χ4n) is 8.73. The van der Waals surface area contributed by atoms with E-state index in [1.165, 1.54) is 0 Å². The van der Waals surface area contributed by atoms with Crippen LogP contribution in [-0.4, -0.2) is 9.55 Å². The quantitative estimate of drug-likeness (QED) is 0.171. The molecule has 0 bridgehead atoms. The standard InChI is InChI=1S/C49H30N4O2/c1-3-18-35-33(16-1)48(52-39-21-7-10-24-44(39)54-45-25-11-8-22-40(45)52)34-17-2-4-19-36(34)49(35)53-41-23-9-12-26-46(41)55-47-28-37-32-15-5-6-20-38(32)51(42(37)29-43(47)53)31-14-13-27-50-30-31/h1-30H. The lowest BCUT2D eigenvalue weighted by molar-refractivity contribution is 0.477. The number of rotatable bonds is 3. The molecule has 0 amide bonds. The van der Waals surface area contributed by atoms with Gasteiger partial charge in [-0.2, -0.15) is 0 Å². The highest BCUT2D eigenvalue weighted by molar-refractivity contribution is 6.24. The van der Waals surface area contributed by atoms with Gasteiger partial charge < -0.3 is 23.8 Å². The zero-order valence-electron chi connectivity index (χ0n) is 29.4. The average molecular weight is 707 g/mol. The summed E-state index contributed by atoms with van der Waals surface area (Å²) in [5.74, 6) is 3.25. The van der Waals surface area contributed by atoms with Gasteiger partial charge >= 0.3 is 0 Å². The Hall–Kier alpha value is -7.57. The molecule has 0 radical (unpaired) electrons. The van der Waals surface area contributed by atoms with E-state index in [0.29, 0.717) is 0 Å². The Labute approximate surface area is 316 Å². The highest BCUT2D eigenvalue weighted by atomic mass is 16.5. The molecule has 0 fully saturated rings. The zero-order chi connectivity index (χ0) is 36.0. The molecule has 0 saturated heterocycles. The van der Waals surface area contributed by atoms with Crippen molar-refractivity contribution >= 4 is 77.5 Å². The van der Waals surface area contributed by atoms with Crippen molar-refractivity contribution in [3.8, 4) is 28.7 Å². The van der Waals surface area contributed by atoms with E-state index < -0.39 is 0 Å². The predicted octanol–water partition coefficient (Wildman–Crippen LogP) is 13.6. The van der Waals surface area contributed by atoms with E-state index in [1.54, 1.807) is 0 Å². The molecule has 0 unspecified atom stereocenters. The minimum atomic E-state index is 0.800. The number of aromatic nitrogens is 2. The van der Waals surface area contributed by atoms with Crippen molar-refractivity contribution < 1.29 is 9.47 Å². The number of pyridine rings is 1. The third kappa shape index (κ3) is 4.27. The van der Waals surface area contributed by atoms with Crippen LogP contribution in [0.15, 0.2) is 182 Å². The molecule has 10 aromatic rings. The summed E-state index contributed by atoms with van der Waals surface area (Å²) in [5.41, 5.74) is 9.32. The van der Waals surface area contributed by atoms with Crippen LogP contribution in [0.3, 0.4) is 0 Å². The molecule has 0 saturated carbocycles. The van der Waals surface area contributed by atoms with Crippen LogP contribution in [0.25, 0.3) is 49.0 Å². The minimum absolute atomic E-state index is 0.800. The Balaban J connectivity index is 1.20. The van der Waals surface area contributed by atoms with Crippen LogP contribution < -0.4 is 19.3 Å². The van der Waals surface area contributed by atoms with Gasteiger partial charge in [-0.3, -0.25) is 4.98 Å². The molecule has 6 heteroatoms. The molecule has 55 heavy (non-hydrogen) atoms. The summed E-state index contributed by atoms with van der Waals surface area (Å²) in [6.07, 6.45) is 3.75. The summed E-state index contributed by atoms with van der Waals surface area (Å²) in [5, 5.41) is 6.76. The normalized spacial score (nSPS) is 12.9. The van der Waals surface area contributed by atoms with Crippen molar-refractivity contribution in [2.24, 2.45) is 0 Å². The van der Waals surface area contributed by atoms with Crippen molar-refractivity contribution in [3.63, 3.8) is 0 Å². The van der Waals surface area contributed by atoms with Crippen molar-refractivity contribution in [2.45, 2.75) is 0 Å². The SMILES string of the molecule is c1cncc(-n2c3ccccc3c3cc4c(cc32)N(c2c3ccccc3c(N3c5ccccc5Oc5ccccc53)c3ccccc23)c2ccccc2O4)c1. The van der Waals surface area contributed by atoms with Gasteiger partial charge in [0.05, 0.1) is 57.0 Å². The summed E-state index contributed by atoms with van der Waals surface area (Å²) in [6, 6.07) is 59.7. The second-order valence-electron chi connectivity index (χ2n) is 14.0. The van der Waals surface area contributed by atoms with E-state index in [4.69, 9.17) is 9.47 Å². The third-order valence-electron chi connectivity index (χ3n) is 11.0. The van der Waals surface area contributed by atoms with Crippen LogP contribution >= 0.6 is 0 Å². The van der Waals surface area contributed by atoms with Gasteiger partial charge in [-0.25, -0.2) is 0 Å². The first-order valence-corrected chi connectivity index (χ1v) is 18.5. The lowest BCUT2D eigenvalue weighted by atomic mass is 9.94. The van der Waals surface area contributed by atoms with Crippen molar-refractivity contribution in [1.29, 1.82) is 0 Å². The summed E-state index contributed by atoms with van der Waals surface area (Å²) in [6.45, 7) is 0. The molecule has 0 N–H and O–H groups in total. The second kappa shape index (κ2) is 11.5. The molecule has 12 rings (SSSR count). The maximum absolute atomic E-state index is 6.84. The highest BCUT2D eigenvalue weighted by Crippen LogP contribution is 2.59. The van der Waals surface area contributed by atoms with E-state index in [9.17, 15) is 0 Å². The Morgan fingerprint density at radius 1 is 0.364 bits per heavy atom. The number of para-hydroxylation sites is 7. The van der Waals surface area contributed by atoms with E-state index in [-0.39, 0.29) is 0 Å². The molecular weight excluding hydrogens is 677 g/mol. The number of fused-ring (bicyclic) bond motifs is 9. The van der Waals surface area contributed by atoms with Crippen LogP contribution in [0.5, 0.6) is 23.0 Å². The number of hydrogen-bond acceptors (Lipinski definition) is 5. The average Bonchev–Trinajstić information content (AvgIpc) is 3.57. The Morgan fingerprint density at radius 2 is 0.836 bits per heavy atom. The molecular formula is C49H30N4O2. The highest BCUT2D eigenvalue weighted by Gasteiger charge is 2.33. The van der Waals surface area contributed by atoms with Gasteiger partial charge in [-0.15, -0.1) is 0 Å². The first kappa shape index (κ1) is 29.9. The van der Waals surface area contributed by atoms with Gasteiger partial charge in [0.2, 0.25) is 0 Å². The van der Waals surface area contributed by atoms with Crippen molar-refractivity contribution in [3.05, 3.63) is 182 Å². The monoisotopic (exact) mass is 706 g/mol. The summed E-state index contributed by atoms with van der Waals surface area (Å²) in [4.78, 5) is 9.30. The summed E-state index contributed by atoms with van der Waals surface area (Å²) < 4.78 is 15.6. The molecule has 8 aromatic carbocycles. The maximum Gasteiger partial charge on any atom is 0.152 e. The number of nitrogens with zero attached hydrogens (tertiary/aromatic N) is 4. The maximum atomic E-state index is 6.84. The smallest absolute Gasteiger partial charge is 0.152 e. The summed E-state index contributed by atoms with van der Waals surface area (Å²) >= 11 is 0. The Morgan fingerprint density at radius 3 is 1.38 bits per heavy atom. The first-order valence-electron chi connectivity index (χ1n) is 18.5. The minimum Gasteiger partial charge on any atom is -0.453 e. The first-order chi connectivity index (χ1) is 27.3.